The molecular formula is C8H7ClN2O2. The van der Waals surface area contributed by atoms with Crippen LogP contribution >= 0.6 is 11.6 Å². The molecule has 1 aromatic rings. The fraction of sp³-hybridized carbons (Fsp3) is 0. The van der Waals surface area contributed by atoms with Gasteiger partial charge in [0.1, 0.15) is 5.71 Å². The van der Waals surface area contributed by atoms with Crippen LogP contribution in [0.1, 0.15) is 5.56 Å². The number of rotatable bonds is 2. The van der Waals surface area contributed by atoms with E-state index in [0.29, 0.717) is 10.6 Å². The summed E-state index contributed by atoms with van der Waals surface area (Å²) in [5.41, 5.74) is 0.781. The standard InChI is InChI=1S/C8H7ClN2O2/c9-7-3-1-6(2-4-7)8(11-13)5-10-12/h1-5,12-13H/b10-5+,11-8+. The predicted octanol–water partition coefficient (Wildman–Crippen LogP) is 1.98. The highest BCUT2D eigenvalue weighted by Crippen LogP contribution is 2.09. The van der Waals surface area contributed by atoms with Gasteiger partial charge in [-0.1, -0.05) is 34.0 Å². The van der Waals surface area contributed by atoms with E-state index in [1.807, 2.05) is 0 Å². The molecule has 0 unspecified atom stereocenters. The number of hydrogen-bond donors (Lipinski definition) is 2. The van der Waals surface area contributed by atoms with E-state index in [4.69, 9.17) is 22.0 Å². The Morgan fingerprint density at radius 2 is 1.85 bits per heavy atom. The molecule has 2 N–H and O–H groups in total. The molecule has 0 fully saturated rings. The molecule has 0 heterocycles. The fourth-order valence-electron chi connectivity index (χ4n) is 0.833. The van der Waals surface area contributed by atoms with Crippen LogP contribution in [0.2, 0.25) is 5.02 Å². The van der Waals surface area contributed by atoms with Gasteiger partial charge in [-0.15, -0.1) is 0 Å². The van der Waals surface area contributed by atoms with E-state index < -0.39 is 0 Å². The number of benzene rings is 1. The van der Waals surface area contributed by atoms with E-state index in [1.54, 1.807) is 24.3 Å². The fourth-order valence-corrected chi connectivity index (χ4v) is 0.959. The van der Waals surface area contributed by atoms with Gasteiger partial charge in [0.05, 0.1) is 6.21 Å². The average molecular weight is 199 g/mol. The molecule has 0 saturated carbocycles. The minimum atomic E-state index is 0.166. The summed E-state index contributed by atoms with van der Waals surface area (Å²) in [5.74, 6) is 0. The smallest absolute Gasteiger partial charge is 0.131 e. The van der Waals surface area contributed by atoms with Crippen LogP contribution in [0.25, 0.3) is 0 Å². The second kappa shape index (κ2) is 4.47. The van der Waals surface area contributed by atoms with Gasteiger partial charge in [0, 0.05) is 10.6 Å². The van der Waals surface area contributed by atoms with Gasteiger partial charge in [-0.2, -0.15) is 0 Å². The lowest BCUT2D eigenvalue weighted by atomic mass is 10.1. The molecule has 68 valence electrons. The van der Waals surface area contributed by atoms with Gasteiger partial charge in [0.2, 0.25) is 0 Å². The molecule has 0 spiro atoms. The quantitative estimate of drug-likeness (QED) is 0.434. The highest BCUT2D eigenvalue weighted by molar-refractivity contribution is 6.38. The van der Waals surface area contributed by atoms with Crippen molar-refractivity contribution in [1.82, 2.24) is 0 Å². The molecule has 5 heteroatoms. The van der Waals surface area contributed by atoms with E-state index in [-0.39, 0.29) is 5.71 Å². The summed E-state index contributed by atoms with van der Waals surface area (Å²) in [6.07, 6.45) is 1.03. The zero-order valence-corrected chi connectivity index (χ0v) is 7.31. The van der Waals surface area contributed by atoms with E-state index >= 15 is 0 Å². The van der Waals surface area contributed by atoms with Crippen molar-refractivity contribution in [3.05, 3.63) is 34.9 Å². The second-order valence-electron chi connectivity index (χ2n) is 2.24. The summed E-state index contributed by atoms with van der Waals surface area (Å²) in [7, 11) is 0. The molecule has 0 aromatic heterocycles. The molecule has 0 saturated heterocycles. The third-order valence-corrected chi connectivity index (χ3v) is 1.68. The Hall–Kier alpha value is -1.55. The molecule has 4 nitrogen and oxygen atoms in total. The molecular weight excluding hydrogens is 192 g/mol. The van der Waals surface area contributed by atoms with E-state index in [9.17, 15) is 0 Å². The number of halogens is 1. The Labute approximate surface area is 79.8 Å². The zero-order chi connectivity index (χ0) is 9.68. The molecule has 1 aromatic carbocycles. The Morgan fingerprint density at radius 3 is 2.31 bits per heavy atom. The minimum Gasteiger partial charge on any atom is -0.411 e. The molecule has 0 atom stereocenters. The van der Waals surface area contributed by atoms with Crippen LogP contribution in [0.5, 0.6) is 0 Å². The van der Waals surface area contributed by atoms with Crippen LogP contribution in [0.3, 0.4) is 0 Å². The van der Waals surface area contributed by atoms with Crippen molar-refractivity contribution < 1.29 is 10.4 Å². The first kappa shape index (κ1) is 9.54. The van der Waals surface area contributed by atoms with Crippen LogP contribution < -0.4 is 0 Å². The molecule has 0 aliphatic heterocycles. The largest absolute Gasteiger partial charge is 0.411 e. The lowest BCUT2D eigenvalue weighted by Gasteiger charge is -1.97. The van der Waals surface area contributed by atoms with Crippen molar-refractivity contribution in [3.8, 4) is 0 Å². The van der Waals surface area contributed by atoms with Crippen molar-refractivity contribution in [2.75, 3.05) is 0 Å². The van der Waals surface area contributed by atoms with Gasteiger partial charge < -0.3 is 10.4 Å². The van der Waals surface area contributed by atoms with Crippen molar-refractivity contribution in [2.45, 2.75) is 0 Å². The number of nitrogens with zero attached hydrogens (tertiary/aromatic N) is 2. The average Bonchev–Trinajstić information content (AvgIpc) is 2.16. The maximum Gasteiger partial charge on any atom is 0.131 e. The van der Waals surface area contributed by atoms with Gasteiger partial charge >= 0.3 is 0 Å². The van der Waals surface area contributed by atoms with Gasteiger partial charge in [-0.25, -0.2) is 0 Å². The topological polar surface area (TPSA) is 65.2 Å². The molecule has 0 aliphatic rings. The third kappa shape index (κ3) is 2.45. The SMILES string of the molecule is O/N=C(\C=N\O)c1ccc(Cl)cc1. The second-order valence-corrected chi connectivity index (χ2v) is 2.67. The maximum absolute atomic E-state index is 8.53. The van der Waals surface area contributed by atoms with Crippen LogP contribution in [0.4, 0.5) is 0 Å². The molecule has 1 rings (SSSR count). The van der Waals surface area contributed by atoms with Gasteiger partial charge in [-0.05, 0) is 12.1 Å². The van der Waals surface area contributed by atoms with Crippen molar-refractivity contribution in [3.63, 3.8) is 0 Å². The summed E-state index contributed by atoms with van der Waals surface area (Å²) >= 11 is 5.65. The van der Waals surface area contributed by atoms with E-state index in [2.05, 4.69) is 10.3 Å². The van der Waals surface area contributed by atoms with Crippen LogP contribution in [-0.4, -0.2) is 22.3 Å². The summed E-state index contributed by atoms with van der Waals surface area (Å²) in [6, 6.07) is 6.60. The summed E-state index contributed by atoms with van der Waals surface area (Å²) in [6.45, 7) is 0. The third-order valence-electron chi connectivity index (χ3n) is 1.43. The Balaban J connectivity index is 3.00. The number of oxime groups is 2. The maximum atomic E-state index is 8.53. The molecule has 0 bridgehead atoms. The van der Waals surface area contributed by atoms with E-state index in [1.165, 1.54) is 0 Å². The summed E-state index contributed by atoms with van der Waals surface area (Å²) in [4.78, 5) is 0. The van der Waals surface area contributed by atoms with E-state index in [0.717, 1.165) is 6.21 Å². The molecule has 0 radical (unpaired) electrons. The molecule has 0 aliphatic carbocycles. The van der Waals surface area contributed by atoms with Crippen LogP contribution in [0.15, 0.2) is 34.6 Å². The lowest BCUT2D eigenvalue weighted by molar-refractivity contribution is 0.316. The summed E-state index contributed by atoms with van der Waals surface area (Å²) < 4.78 is 0. The monoisotopic (exact) mass is 198 g/mol. The first-order chi connectivity index (χ1) is 6.27. The van der Waals surface area contributed by atoms with Crippen molar-refractivity contribution in [1.29, 1.82) is 0 Å². The van der Waals surface area contributed by atoms with Crippen molar-refractivity contribution in [2.24, 2.45) is 10.3 Å². The van der Waals surface area contributed by atoms with Crippen LogP contribution in [-0.2, 0) is 0 Å². The first-order valence-electron chi connectivity index (χ1n) is 3.43. The molecule has 13 heavy (non-hydrogen) atoms. The van der Waals surface area contributed by atoms with Crippen LogP contribution in [0, 0.1) is 0 Å². The number of hydrogen-bond acceptors (Lipinski definition) is 4. The lowest BCUT2D eigenvalue weighted by Crippen LogP contribution is -2.01. The zero-order valence-electron chi connectivity index (χ0n) is 6.55. The molecule has 0 amide bonds. The minimum absolute atomic E-state index is 0.166. The highest BCUT2D eigenvalue weighted by Gasteiger charge is 2.00. The predicted molar refractivity (Wildman–Crippen MR) is 50.1 cm³/mol. The highest BCUT2D eigenvalue weighted by atomic mass is 35.5. The van der Waals surface area contributed by atoms with Gasteiger partial charge in [-0.3, -0.25) is 0 Å². The Kier molecular flexibility index (Phi) is 3.28. The van der Waals surface area contributed by atoms with Gasteiger partial charge in [0.25, 0.3) is 0 Å². The first-order valence-corrected chi connectivity index (χ1v) is 3.81. The Bertz CT molecular complexity index is 333. The summed E-state index contributed by atoms with van der Waals surface area (Å²) in [5, 5.41) is 23.1. The van der Waals surface area contributed by atoms with Gasteiger partial charge in [0.15, 0.2) is 0 Å². The van der Waals surface area contributed by atoms with Crippen molar-refractivity contribution >= 4 is 23.5 Å². The normalized spacial score (nSPS) is 12.2. The Morgan fingerprint density at radius 1 is 1.23 bits per heavy atom.